The monoisotopic (exact) mass is 276 g/mol. The molecule has 2 rings (SSSR count). The van der Waals surface area contributed by atoms with Crippen LogP contribution in [-0.4, -0.2) is 42.2 Å². The predicted octanol–water partition coefficient (Wildman–Crippen LogP) is 0.590. The Bertz CT molecular complexity index is 563. The molecule has 4 nitrogen and oxygen atoms in total. The van der Waals surface area contributed by atoms with Crippen molar-refractivity contribution in [2.75, 3.05) is 26.2 Å². The fraction of sp³-hybridized carbons (Fsp3) is 0.400. The van der Waals surface area contributed by atoms with Gasteiger partial charge in [0.05, 0.1) is 12.1 Å². The molecule has 1 saturated heterocycles. The van der Waals surface area contributed by atoms with E-state index in [4.69, 9.17) is 10.8 Å². The van der Waals surface area contributed by atoms with Gasteiger partial charge in [-0.3, -0.25) is 4.79 Å². The number of likely N-dealkylation sites (tertiary alicyclic amines) is 1. The van der Waals surface area contributed by atoms with E-state index in [0.29, 0.717) is 18.7 Å². The van der Waals surface area contributed by atoms with Crippen molar-refractivity contribution in [3.05, 3.63) is 35.1 Å². The quantitative estimate of drug-likeness (QED) is 0.777. The van der Waals surface area contributed by atoms with Crippen molar-refractivity contribution >= 4 is 5.91 Å². The number of rotatable bonds is 2. The number of carbonyl (C=O) groups is 1. The molecule has 1 fully saturated rings. The van der Waals surface area contributed by atoms with Crippen LogP contribution in [0.4, 0.5) is 4.39 Å². The summed E-state index contributed by atoms with van der Waals surface area (Å²) in [5.41, 5.74) is 5.80. The van der Waals surface area contributed by atoms with Crippen LogP contribution in [0.15, 0.2) is 18.2 Å². The Morgan fingerprint density at radius 3 is 2.95 bits per heavy atom. The average molecular weight is 276 g/mol. The summed E-state index contributed by atoms with van der Waals surface area (Å²) in [5.74, 6) is 4.54. The zero-order chi connectivity index (χ0) is 14.5. The van der Waals surface area contributed by atoms with Gasteiger partial charge in [0.15, 0.2) is 0 Å². The number of nitrogens with two attached hydrogens (primary N) is 1. The van der Waals surface area contributed by atoms with Crippen molar-refractivity contribution in [2.45, 2.75) is 6.42 Å². The van der Waals surface area contributed by atoms with E-state index in [1.165, 1.54) is 12.1 Å². The van der Waals surface area contributed by atoms with Crippen molar-refractivity contribution in [1.82, 2.24) is 4.90 Å². The molecule has 0 aliphatic carbocycles. The number of hydrogen-bond donors (Lipinski definition) is 2. The van der Waals surface area contributed by atoms with Gasteiger partial charge in [0.2, 0.25) is 0 Å². The van der Waals surface area contributed by atoms with Crippen LogP contribution in [0.25, 0.3) is 0 Å². The van der Waals surface area contributed by atoms with Crippen LogP contribution < -0.4 is 5.73 Å². The Morgan fingerprint density at radius 2 is 2.35 bits per heavy atom. The summed E-state index contributed by atoms with van der Waals surface area (Å²) in [6.07, 6.45) is 0.754. The topological polar surface area (TPSA) is 66.6 Å². The van der Waals surface area contributed by atoms with Gasteiger partial charge in [-0.1, -0.05) is 11.8 Å². The molecule has 1 unspecified atom stereocenters. The second kappa shape index (κ2) is 6.51. The Labute approximate surface area is 117 Å². The first-order valence-electron chi connectivity index (χ1n) is 6.54. The zero-order valence-electron chi connectivity index (χ0n) is 11.1. The molecule has 1 heterocycles. The first kappa shape index (κ1) is 14.5. The number of halogens is 1. The van der Waals surface area contributed by atoms with Gasteiger partial charge < -0.3 is 15.7 Å². The molecule has 0 saturated carbocycles. The fourth-order valence-electron chi connectivity index (χ4n) is 2.26. The van der Waals surface area contributed by atoms with E-state index in [9.17, 15) is 9.18 Å². The van der Waals surface area contributed by atoms with E-state index >= 15 is 0 Å². The molecule has 20 heavy (non-hydrogen) atoms. The number of benzene rings is 1. The summed E-state index contributed by atoms with van der Waals surface area (Å²) in [5, 5.41) is 9.07. The van der Waals surface area contributed by atoms with Crippen LogP contribution in [0.5, 0.6) is 0 Å². The van der Waals surface area contributed by atoms with Gasteiger partial charge in [-0.15, -0.1) is 0 Å². The Morgan fingerprint density at radius 1 is 1.55 bits per heavy atom. The molecular formula is C15H17FN2O2. The molecule has 1 aromatic carbocycles. The normalized spacial score (nSPS) is 17.8. The van der Waals surface area contributed by atoms with E-state index in [2.05, 4.69) is 11.8 Å². The van der Waals surface area contributed by atoms with E-state index in [0.717, 1.165) is 6.42 Å². The maximum absolute atomic E-state index is 14.0. The highest BCUT2D eigenvalue weighted by atomic mass is 19.1. The van der Waals surface area contributed by atoms with Crippen LogP contribution in [0.3, 0.4) is 0 Å². The molecule has 1 aliphatic rings. The van der Waals surface area contributed by atoms with Gasteiger partial charge in [-0.2, -0.15) is 0 Å². The highest BCUT2D eigenvalue weighted by Gasteiger charge is 2.27. The van der Waals surface area contributed by atoms with Crippen LogP contribution in [-0.2, 0) is 0 Å². The largest absolute Gasteiger partial charge is 0.396 e. The number of hydrogen-bond acceptors (Lipinski definition) is 3. The standard InChI is InChI=1S/C15H17FN2O2/c16-14-8-11(2-1-6-17)3-4-13(14)15(20)18-7-5-12(9-18)10-19/h3-4,8,12,19H,5-7,9-10,17H2. The highest BCUT2D eigenvalue weighted by molar-refractivity contribution is 5.94. The lowest BCUT2D eigenvalue weighted by Gasteiger charge is -2.16. The van der Waals surface area contributed by atoms with E-state index in [-0.39, 0.29) is 30.5 Å². The molecule has 1 amide bonds. The van der Waals surface area contributed by atoms with Crippen LogP contribution in [0.1, 0.15) is 22.3 Å². The second-order valence-electron chi connectivity index (χ2n) is 4.79. The number of nitrogens with zero attached hydrogens (tertiary/aromatic N) is 1. The van der Waals surface area contributed by atoms with Gasteiger partial charge >= 0.3 is 0 Å². The molecule has 1 aromatic rings. The summed E-state index contributed by atoms with van der Waals surface area (Å²) in [6, 6.07) is 4.30. The molecule has 1 aliphatic heterocycles. The van der Waals surface area contributed by atoms with E-state index < -0.39 is 5.82 Å². The van der Waals surface area contributed by atoms with Crippen molar-refractivity contribution in [2.24, 2.45) is 11.7 Å². The molecule has 0 spiro atoms. The number of aliphatic hydroxyl groups excluding tert-OH is 1. The maximum Gasteiger partial charge on any atom is 0.256 e. The zero-order valence-corrected chi connectivity index (χ0v) is 11.1. The van der Waals surface area contributed by atoms with Gasteiger partial charge in [0.1, 0.15) is 5.82 Å². The lowest BCUT2D eigenvalue weighted by Crippen LogP contribution is -2.29. The van der Waals surface area contributed by atoms with E-state index in [1.807, 2.05) is 0 Å². The Balaban J connectivity index is 2.15. The van der Waals surface area contributed by atoms with Gasteiger partial charge in [-0.05, 0) is 24.6 Å². The lowest BCUT2D eigenvalue weighted by molar-refractivity contribution is 0.0777. The van der Waals surface area contributed by atoms with E-state index in [1.54, 1.807) is 11.0 Å². The van der Waals surface area contributed by atoms with Crippen LogP contribution in [0, 0.1) is 23.6 Å². The van der Waals surface area contributed by atoms with Crippen molar-refractivity contribution in [3.63, 3.8) is 0 Å². The molecule has 1 atom stereocenters. The SMILES string of the molecule is NCC#Cc1ccc(C(=O)N2CCC(CO)C2)c(F)c1. The van der Waals surface area contributed by atoms with Gasteiger partial charge in [0.25, 0.3) is 5.91 Å². The van der Waals surface area contributed by atoms with Gasteiger partial charge in [0, 0.05) is 31.2 Å². The fourth-order valence-corrected chi connectivity index (χ4v) is 2.26. The molecule has 0 radical (unpaired) electrons. The number of carbonyl (C=O) groups excluding carboxylic acids is 1. The van der Waals surface area contributed by atoms with Crippen molar-refractivity contribution in [1.29, 1.82) is 0 Å². The molecule has 5 heteroatoms. The maximum atomic E-state index is 14.0. The third-order valence-electron chi connectivity index (χ3n) is 3.37. The summed E-state index contributed by atoms with van der Waals surface area (Å²) in [4.78, 5) is 13.8. The summed E-state index contributed by atoms with van der Waals surface area (Å²) >= 11 is 0. The molecule has 0 aromatic heterocycles. The lowest BCUT2D eigenvalue weighted by atomic mass is 10.1. The highest BCUT2D eigenvalue weighted by Crippen LogP contribution is 2.20. The third-order valence-corrected chi connectivity index (χ3v) is 3.37. The third kappa shape index (κ3) is 3.16. The Kier molecular flexibility index (Phi) is 4.72. The average Bonchev–Trinajstić information content (AvgIpc) is 2.93. The summed E-state index contributed by atoms with van der Waals surface area (Å²) in [6.45, 7) is 1.29. The minimum absolute atomic E-state index is 0.0434. The summed E-state index contributed by atoms with van der Waals surface area (Å²) in [7, 11) is 0. The minimum atomic E-state index is -0.578. The minimum Gasteiger partial charge on any atom is -0.396 e. The Hall–Kier alpha value is -1.90. The number of amides is 1. The second-order valence-corrected chi connectivity index (χ2v) is 4.79. The molecule has 3 N–H and O–H groups in total. The van der Waals surface area contributed by atoms with Crippen molar-refractivity contribution < 1.29 is 14.3 Å². The first-order valence-corrected chi connectivity index (χ1v) is 6.54. The van der Waals surface area contributed by atoms with Crippen LogP contribution in [0.2, 0.25) is 0 Å². The number of aliphatic hydroxyl groups is 1. The molecular weight excluding hydrogens is 259 g/mol. The van der Waals surface area contributed by atoms with Crippen LogP contribution >= 0.6 is 0 Å². The molecule has 106 valence electrons. The smallest absolute Gasteiger partial charge is 0.256 e. The van der Waals surface area contributed by atoms with Crippen molar-refractivity contribution in [3.8, 4) is 11.8 Å². The summed E-state index contributed by atoms with van der Waals surface area (Å²) < 4.78 is 14.0. The first-order chi connectivity index (χ1) is 9.65. The predicted molar refractivity (Wildman–Crippen MR) is 73.4 cm³/mol. The molecule has 0 bridgehead atoms. The van der Waals surface area contributed by atoms with Gasteiger partial charge in [-0.25, -0.2) is 4.39 Å².